The number of H-pyrrole nitrogens is 1. The number of urea groups is 1. The molecule has 0 fully saturated rings. The van der Waals surface area contributed by atoms with E-state index >= 15 is 0 Å². The first-order valence-electron chi connectivity index (χ1n) is 7.81. The Hall–Kier alpha value is -3.42. The first-order valence-corrected chi connectivity index (χ1v) is 7.81. The number of carbonyl (C=O) groups excluding carboxylic acids is 4. The molecule has 1 heterocycles. The molecule has 8 heteroatoms. The van der Waals surface area contributed by atoms with Gasteiger partial charge in [-0.1, -0.05) is 6.07 Å². The number of imide groups is 1. The molecule has 136 valence electrons. The van der Waals surface area contributed by atoms with Gasteiger partial charge in [-0.2, -0.15) is 0 Å². The molecular formula is C18H19N3O5. The fourth-order valence-corrected chi connectivity index (χ4v) is 2.07. The molecule has 0 aliphatic carbocycles. The SMILES string of the molecule is CC(=O)c1c[nH]c(C(=O)OCC(=O)NC(=O)Nc2ccc(C)c(C)c2)c1. The molecule has 8 nitrogen and oxygen atoms in total. The highest BCUT2D eigenvalue weighted by Gasteiger charge is 2.15. The van der Waals surface area contributed by atoms with Crippen molar-refractivity contribution in [3.63, 3.8) is 0 Å². The lowest BCUT2D eigenvalue weighted by Gasteiger charge is -2.08. The molecule has 0 bridgehead atoms. The Labute approximate surface area is 149 Å². The molecule has 2 rings (SSSR count). The number of ether oxygens (including phenoxy) is 1. The van der Waals surface area contributed by atoms with Crippen molar-refractivity contribution < 1.29 is 23.9 Å². The second-order valence-electron chi connectivity index (χ2n) is 5.74. The van der Waals surface area contributed by atoms with Gasteiger partial charge in [0, 0.05) is 17.4 Å². The smallest absolute Gasteiger partial charge is 0.355 e. The quantitative estimate of drug-likeness (QED) is 0.561. The summed E-state index contributed by atoms with van der Waals surface area (Å²) in [5.41, 5.74) is 2.99. The third-order valence-electron chi connectivity index (χ3n) is 3.66. The highest BCUT2D eigenvalue weighted by molar-refractivity contribution is 6.02. The highest BCUT2D eigenvalue weighted by Crippen LogP contribution is 2.13. The van der Waals surface area contributed by atoms with Crippen molar-refractivity contribution in [2.45, 2.75) is 20.8 Å². The van der Waals surface area contributed by atoms with Gasteiger partial charge in [-0.3, -0.25) is 14.9 Å². The van der Waals surface area contributed by atoms with Gasteiger partial charge in [0.15, 0.2) is 12.4 Å². The summed E-state index contributed by atoms with van der Waals surface area (Å²) in [6, 6.07) is 5.93. The maximum absolute atomic E-state index is 11.8. The van der Waals surface area contributed by atoms with E-state index in [2.05, 4.69) is 15.6 Å². The number of Topliss-reactive ketones (excluding diaryl/α,β-unsaturated/α-hetero) is 1. The predicted molar refractivity (Wildman–Crippen MR) is 94.2 cm³/mol. The van der Waals surface area contributed by atoms with Crippen molar-refractivity contribution in [1.82, 2.24) is 10.3 Å². The van der Waals surface area contributed by atoms with Crippen molar-refractivity contribution in [3.05, 3.63) is 52.8 Å². The van der Waals surface area contributed by atoms with E-state index in [0.29, 0.717) is 11.3 Å². The Kier molecular flexibility index (Phi) is 5.90. The van der Waals surface area contributed by atoms with Gasteiger partial charge in [-0.05, 0) is 50.1 Å². The number of aromatic amines is 1. The fraction of sp³-hybridized carbons (Fsp3) is 0.222. The molecule has 2 aromatic rings. The van der Waals surface area contributed by atoms with Crippen LogP contribution in [0, 0.1) is 13.8 Å². The van der Waals surface area contributed by atoms with Gasteiger partial charge < -0.3 is 15.0 Å². The van der Waals surface area contributed by atoms with E-state index in [1.807, 2.05) is 19.9 Å². The van der Waals surface area contributed by atoms with Crippen LogP contribution < -0.4 is 10.6 Å². The molecule has 3 amide bonds. The van der Waals surface area contributed by atoms with Gasteiger partial charge in [-0.15, -0.1) is 0 Å². The molecule has 3 N–H and O–H groups in total. The van der Waals surface area contributed by atoms with Crippen LogP contribution in [0.2, 0.25) is 0 Å². The molecular weight excluding hydrogens is 338 g/mol. The first kappa shape index (κ1) is 18.9. The number of nitrogens with one attached hydrogen (secondary N) is 3. The average Bonchev–Trinajstić information content (AvgIpc) is 3.06. The minimum Gasteiger partial charge on any atom is -0.451 e. The van der Waals surface area contributed by atoms with Gasteiger partial charge >= 0.3 is 12.0 Å². The maximum atomic E-state index is 11.8. The van der Waals surface area contributed by atoms with Gasteiger partial charge in [0.1, 0.15) is 5.69 Å². The van der Waals surface area contributed by atoms with Crippen LogP contribution in [-0.4, -0.2) is 35.3 Å². The van der Waals surface area contributed by atoms with Gasteiger partial charge in [0.2, 0.25) is 0 Å². The van der Waals surface area contributed by atoms with Crippen molar-refractivity contribution in [1.29, 1.82) is 0 Å². The van der Waals surface area contributed by atoms with Crippen molar-refractivity contribution >= 4 is 29.4 Å². The lowest BCUT2D eigenvalue weighted by atomic mass is 10.1. The van der Waals surface area contributed by atoms with Gasteiger partial charge in [0.25, 0.3) is 5.91 Å². The van der Waals surface area contributed by atoms with E-state index in [4.69, 9.17) is 4.74 Å². The average molecular weight is 357 g/mol. The zero-order valence-corrected chi connectivity index (χ0v) is 14.6. The Bertz CT molecular complexity index is 869. The van der Waals surface area contributed by atoms with Crippen molar-refractivity contribution in [3.8, 4) is 0 Å². The summed E-state index contributed by atoms with van der Waals surface area (Å²) in [6.07, 6.45) is 1.37. The van der Waals surface area contributed by atoms with Gasteiger partial charge in [0.05, 0.1) is 0 Å². The molecule has 1 aromatic carbocycles. The van der Waals surface area contributed by atoms with Gasteiger partial charge in [-0.25, -0.2) is 9.59 Å². The molecule has 0 atom stereocenters. The summed E-state index contributed by atoms with van der Waals surface area (Å²) in [4.78, 5) is 49.0. The lowest BCUT2D eigenvalue weighted by molar-refractivity contribution is -0.123. The number of aromatic nitrogens is 1. The summed E-state index contributed by atoms with van der Waals surface area (Å²) in [5, 5.41) is 4.58. The standard InChI is InChI=1S/C18H19N3O5/c1-10-4-5-14(6-11(10)2)20-18(25)21-16(23)9-26-17(24)15-7-13(8-19-15)12(3)22/h4-8,19H,9H2,1-3H3,(H2,20,21,23,25). The number of ketones is 1. The summed E-state index contributed by atoms with van der Waals surface area (Å²) >= 11 is 0. The first-order chi connectivity index (χ1) is 12.3. The van der Waals surface area contributed by atoms with Crippen molar-refractivity contribution in [2.24, 2.45) is 0 Å². The molecule has 0 saturated carbocycles. The molecule has 0 saturated heterocycles. The number of carbonyl (C=O) groups is 4. The zero-order valence-electron chi connectivity index (χ0n) is 14.6. The molecule has 0 unspecified atom stereocenters. The second kappa shape index (κ2) is 8.11. The Morgan fingerprint density at radius 3 is 2.42 bits per heavy atom. The zero-order chi connectivity index (χ0) is 19.3. The third kappa shape index (κ3) is 5.04. The van der Waals surface area contributed by atoms with Crippen LogP contribution in [0.4, 0.5) is 10.5 Å². The number of esters is 1. The normalized spacial score (nSPS) is 10.1. The molecule has 0 spiro atoms. The van der Waals surface area contributed by atoms with E-state index in [1.54, 1.807) is 12.1 Å². The number of hydrogen-bond donors (Lipinski definition) is 3. The number of benzene rings is 1. The monoisotopic (exact) mass is 357 g/mol. The highest BCUT2D eigenvalue weighted by atomic mass is 16.5. The number of rotatable bonds is 5. The topological polar surface area (TPSA) is 117 Å². The van der Waals surface area contributed by atoms with E-state index in [9.17, 15) is 19.2 Å². The number of hydrogen-bond acceptors (Lipinski definition) is 5. The van der Waals surface area contributed by atoms with Crippen LogP contribution in [0.3, 0.4) is 0 Å². The molecule has 0 aliphatic rings. The summed E-state index contributed by atoms with van der Waals surface area (Å²) in [7, 11) is 0. The van der Waals surface area contributed by atoms with Crippen LogP contribution in [0.1, 0.15) is 38.9 Å². The second-order valence-corrected chi connectivity index (χ2v) is 5.74. The summed E-state index contributed by atoms with van der Waals surface area (Å²) in [6.45, 7) is 4.58. The van der Waals surface area contributed by atoms with Crippen LogP contribution in [0.5, 0.6) is 0 Å². The summed E-state index contributed by atoms with van der Waals surface area (Å²) < 4.78 is 4.80. The van der Waals surface area contributed by atoms with E-state index in [0.717, 1.165) is 11.1 Å². The molecule has 26 heavy (non-hydrogen) atoms. The molecule has 1 aromatic heterocycles. The Balaban J connectivity index is 1.81. The predicted octanol–water partition coefficient (Wildman–Crippen LogP) is 2.34. The Morgan fingerprint density at radius 1 is 1.08 bits per heavy atom. The number of anilines is 1. The lowest BCUT2D eigenvalue weighted by Crippen LogP contribution is -2.37. The van der Waals surface area contributed by atoms with E-state index < -0.39 is 24.5 Å². The minimum absolute atomic E-state index is 0.0441. The minimum atomic E-state index is -0.804. The largest absolute Gasteiger partial charge is 0.451 e. The van der Waals surface area contributed by atoms with E-state index in [1.165, 1.54) is 19.2 Å². The Morgan fingerprint density at radius 2 is 1.81 bits per heavy atom. The molecule has 0 aliphatic heterocycles. The summed E-state index contributed by atoms with van der Waals surface area (Å²) in [5.74, 6) is -1.79. The number of amides is 3. The van der Waals surface area contributed by atoms with Crippen LogP contribution in [0.15, 0.2) is 30.5 Å². The maximum Gasteiger partial charge on any atom is 0.355 e. The number of aryl methyl sites for hydroxylation is 2. The van der Waals surface area contributed by atoms with Crippen LogP contribution in [-0.2, 0) is 9.53 Å². The third-order valence-corrected chi connectivity index (χ3v) is 3.66. The fourth-order valence-electron chi connectivity index (χ4n) is 2.07. The molecule has 0 radical (unpaired) electrons. The van der Waals surface area contributed by atoms with Crippen LogP contribution in [0.25, 0.3) is 0 Å². The van der Waals surface area contributed by atoms with Crippen LogP contribution >= 0.6 is 0 Å². The van der Waals surface area contributed by atoms with E-state index in [-0.39, 0.29) is 11.5 Å². The van der Waals surface area contributed by atoms with Crippen molar-refractivity contribution in [2.75, 3.05) is 11.9 Å².